The van der Waals surface area contributed by atoms with Crippen molar-refractivity contribution >= 4 is 5.97 Å². The SMILES string of the molecule is Cc1ccc(CCCC(O)/C=C/C=C/C=C/C(O)CCC(=O)O)cc1. The lowest BCUT2D eigenvalue weighted by molar-refractivity contribution is -0.137. The van der Waals surface area contributed by atoms with Crippen LogP contribution in [0.25, 0.3) is 0 Å². The Hall–Kier alpha value is -2.17. The number of hydrogen-bond donors (Lipinski definition) is 3. The number of carboxylic acids is 1. The van der Waals surface area contributed by atoms with Crippen LogP contribution in [0.4, 0.5) is 0 Å². The van der Waals surface area contributed by atoms with Crippen LogP contribution in [0.5, 0.6) is 0 Å². The molecular weight excluding hydrogens is 316 g/mol. The van der Waals surface area contributed by atoms with E-state index in [9.17, 15) is 15.0 Å². The molecule has 0 aliphatic carbocycles. The third-order valence-electron chi connectivity index (χ3n) is 3.74. The van der Waals surface area contributed by atoms with E-state index < -0.39 is 18.2 Å². The maximum atomic E-state index is 10.4. The summed E-state index contributed by atoms with van der Waals surface area (Å²) >= 11 is 0. The molecule has 0 heterocycles. The van der Waals surface area contributed by atoms with Gasteiger partial charge in [0.2, 0.25) is 0 Å². The van der Waals surface area contributed by atoms with Crippen LogP contribution in [0.15, 0.2) is 60.7 Å². The van der Waals surface area contributed by atoms with Crippen molar-refractivity contribution in [2.75, 3.05) is 0 Å². The van der Waals surface area contributed by atoms with Gasteiger partial charge < -0.3 is 15.3 Å². The first-order valence-electron chi connectivity index (χ1n) is 8.62. The molecule has 1 aromatic carbocycles. The van der Waals surface area contributed by atoms with Gasteiger partial charge in [0, 0.05) is 6.42 Å². The molecule has 3 N–H and O–H groups in total. The number of carboxylic acid groups (broad SMARTS) is 1. The van der Waals surface area contributed by atoms with Crippen LogP contribution in [-0.2, 0) is 11.2 Å². The largest absolute Gasteiger partial charge is 0.481 e. The summed E-state index contributed by atoms with van der Waals surface area (Å²) in [6, 6.07) is 8.44. The molecule has 0 radical (unpaired) electrons. The molecule has 4 heteroatoms. The molecule has 2 unspecified atom stereocenters. The second-order valence-corrected chi connectivity index (χ2v) is 6.10. The molecular formula is C21H28O4. The number of hydrogen-bond acceptors (Lipinski definition) is 3. The minimum Gasteiger partial charge on any atom is -0.481 e. The van der Waals surface area contributed by atoms with Crippen molar-refractivity contribution in [3.63, 3.8) is 0 Å². The summed E-state index contributed by atoms with van der Waals surface area (Å²) in [7, 11) is 0. The summed E-state index contributed by atoms with van der Waals surface area (Å²) in [5.41, 5.74) is 2.54. The summed E-state index contributed by atoms with van der Waals surface area (Å²) in [5, 5.41) is 27.9. The molecule has 0 amide bonds. The highest BCUT2D eigenvalue weighted by molar-refractivity contribution is 5.66. The van der Waals surface area contributed by atoms with Crippen molar-refractivity contribution < 1.29 is 20.1 Å². The monoisotopic (exact) mass is 344 g/mol. The summed E-state index contributed by atoms with van der Waals surface area (Å²) in [5.74, 6) is -0.915. The Kier molecular flexibility index (Phi) is 10.2. The summed E-state index contributed by atoms with van der Waals surface area (Å²) < 4.78 is 0. The number of carbonyl (C=O) groups is 1. The van der Waals surface area contributed by atoms with E-state index >= 15 is 0 Å². The number of aryl methyl sites for hydroxylation is 2. The van der Waals surface area contributed by atoms with E-state index in [0.29, 0.717) is 6.42 Å². The van der Waals surface area contributed by atoms with E-state index in [-0.39, 0.29) is 12.8 Å². The van der Waals surface area contributed by atoms with Crippen LogP contribution in [0.2, 0.25) is 0 Å². The van der Waals surface area contributed by atoms with Gasteiger partial charge in [0.1, 0.15) is 0 Å². The lowest BCUT2D eigenvalue weighted by Gasteiger charge is -2.05. The van der Waals surface area contributed by atoms with Crippen LogP contribution in [0.1, 0.15) is 36.8 Å². The highest BCUT2D eigenvalue weighted by Crippen LogP contribution is 2.09. The first-order chi connectivity index (χ1) is 12.0. The van der Waals surface area contributed by atoms with Crippen LogP contribution in [0.3, 0.4) is 0 Å². The molecule has 1 aromatic rings. The summed E-state index contributed by atoms with van der Waals surface area (Å²) in [6.45, 7) is 2.07. The second-order valence-electron chi connectivity index (χ2n) is 6.10. The third-order valence-corrected chi connectivity index (χ3v) is 3.74. The predicted octanol–water partition coefficient (Wildman–Crippen LogP) is 3.57. The van der Waals surface area contributed by atoms with Crippen LogP contribution in [-0.4, -0.2) is 33.5 Å². The Labute approximate surface area is 149 Å². The van der Waals surface area contributed by atoms with Crippen LogP contribution < -0.4 is 0 Å². The highest BCUT2D eigenvalue weighted by Gasteiger charge is 2.02. The zero-order chi connectivity index (χ0) is 18.5. The molecule has 0 aliphatic rings. The van der Waals surface area contributed by atoms with Gasteiger partial charge in [-0.2, -0.15) is 0 Å². The minimum atomic E-state index is -0.915. The van der Waals surface area contributed by atoms with Gasteiger partial charge >= 0.3 is 5.97 Å². The Morgan fingerprint density at radius 1 is 0.960 bits per heavy atom. The number of benzene rings is 1. The molecule has 0 saturated carbocycles. The fourth-order valence-corrected chi connectivity index (χ4v) is 2.25. The van der Waals surface area contributed by atoms with E-state index in [2.05, 4.69) is 31.2 Å². The maximum absolute atomic E-state index is 10.4. The fraction of sp³-hybridized carbons (Fsp3) is 0.381. The standard InChI is InChI=1S/C21H28O4/c1-17-11-13-18(14-12-17)7-6-10-19(22)8-4-2-3-5-9-20(23)15-16-21(24)25/h2-5,8-9,11-14,19-20,22-23H,6-7,10,15-16H2,1H3,(H,24,25)/b3-2+,8-4+,9-5+. The van der Waals surface area contributed by atoms with E-state index in [4.69, 9.17) is 5.11 Å². The molecule has 0 spiro atoms. The van der Waals surface area contributed by atoms with Crippen molar-refractivity contribution in [3.8, 4) is 0 Å². The minimum absolute atomic E-state index is 0.0517. The molecule has 4 nitrogen and oxygen atoms in total. The Morgan fingerprint density at radius 3 is 2.08 bits per heavy atom. The molecule has 1 rings (SSSR count). The van der Waals surface area contributed by atoms with Gasteiger partial charge in [-0.15, -0.1) is 0 Å². The van der Waals surface area contributed by atoms with Gasteiger partial charge in [0.05, 0.1) is 12.2 Å². The summed E-state index contributed by atoms with van der Waals surface area (Å²) in [6.07, 6.45) is 11.7. The van der Waals surface area contributed by atoms with Gasteiger partial charge in [0.15, 0.2) is 0 Å². The van der Waals surface area contributed by atoms with Crippen molar-refractivity contribution in [2.45, 2.75) is 51.2 Å². The number of allylic oxidation sites excluding steroid dienone is 4. The second kappa shape index (κ2) is 12.2. The van der Waals surface area contributed by atoms with E-state index in [0.717, 1.165) is 12.8 Å². The third kappa shape index (κ3) is 11.1. The first kappa shape index (κ1) is 20.9. The van der Waals surface area contributed by atoms with Crippen LogP contribution in [0, 0.1) is 6.92 Å². The van der Waals surface area contributed by atoms with Gasteiger partial charge in [-0.1, -0.05) is 66.3 Å². The topological polar surface area (TPSA) is 77.8 Å². The number of aliphatic hydroxyl groups excluding tert-OH is 2. The van der Waals surface area contributed by atoms with E-state index in [1.54, 1.807) is 36.5 Å². The predicted molar refractivity (Wildman–Crippen MR) is 100 cm³/mol. The maximum Gasteiger partial charge on any atom is 0.303 e. The van der Waals surface area contributed by atoms with Crippen molar-refractivity contribution in [1.82, 2.24) is 0 Å². The van der Waals surface area contributed by atoms with Gasteiger partial charge in [-0.25, -0.2) is 0 Å². The van der Waals surface area contributed by atoms with E-state index in [1.807, 2.05) is 0 Å². The smallest absolute Gasteiger partial charge is 0.303 e. The van der Waals surface area contributed by atoms with E-state index in [1.165, 1.54) is 11.1 Å². The number of aliphatic carboxylic acids is 1. The van der Waals surface area contributed by atoms with Crippen molar-refractivity contribution in [1.29, 1.82) is 0 Å². The molecule has 136 valence electrons. The lowest BCUT2D eigenvalue weighted by Crippen LogP contribution is -2.05. The fourth-order valence-electron chi connectivity index (χ4n) is 2.25. The Balaban J connectivity index is 2.19. The number of aliphatic hydroxyl groups is 2. The van der Waals surface area contributed by atoms with Gasteiger partial charge in [-0.3, -0.25) is 4.79 Å². The van der Waals surface area contributed by atoms with Crippen molar-refractivity contribution in [2.24, 2.45) is 0 Å². The zero-order valence-corrected chi connectivity index (χ0v) is 14.7. The quantitative estimate of drug-likeness (QED) is 0.536. The molecule has 0 saturated heterocycles. The van der Waals surface area contributed by atoms with Crippen molar-refractivity contribution in [3.05, 3.63) is 71.8 Å². The zero-order valence-electron chi connectivity index (χ0n) is 14.7. The summed E-state index contributed by atoms with van der Waals surface area (Å²) in [4.78, 5) is 10.4. The molecule has 0 bridgehead atoms. The van der Waals surface area contributed by atoms with Gasteiger partial charge in [-0.05, 0) is 38.2 Å². The molecule has 2 atom stereocenters. The first-order valence-corrected chi connectivity index (χ1v) is 8.62. The highest BCUT2D eigenvalue weighted by atomic mass is 16.4. The molecule has 0 aromatic heterocycles. The molecule has 0 aliphatic heterocycles. The number of rotatable bonds is 11. The van der Waals surface area contributed by atoms with Gasteiger partial charge in [0.25, 0.3) is 0 Å². The molecule has 0 fully saturated rings. The normalized spacial score (nSPS) is 14.5. The lowest BCUT2D eigenvalue weighted by atomic mass is 10.0. The Bertz CT molecular complexity index is 584. The Morgan fingerprint density at radius 2 is 1.52 bits per heavy atom. The van der Waals surface area contributed by atoms with Crippen LogP contribution >= 0.6 is 0 Å². The molecule has 25 heavy (non-hydrogen) atoms. The average molecular weight is 344 g/mol. The average Bonchev–Trinajstić information content (AvgIpc) is 2.58.